The molecule has 1 aromatic heterocycles. The van der Waals surface area contributed by atoms with Crippen molar-refractivity contribution in [1.82, 2.24) is 0 Å². The zero-order valence-corrected chi connectivity index (χ0v) is 10.2. The molecular weight excluding hydrogens is 271 g/mol. The minimum atomic E-state index is -2.12. The SMILES string of the molecule is CCOC(=O)C(F)[C@@H](N)c1ccc([N+](=O)[O-])o1.Cl. The first kappa shape index (κ1) is 16.3. The van der Waals surface area contributed by atoms with E-state index in [4.69, 9.17) is 5.73 Å². The number of hydrogen-bond acceptors (Lipinski definition) is 6. The van der Waals surface area contributed by atoms with Crippen LogP contribution in [0.2, 0.25) is 0 Å². The van der Waals surface area contributed by atoms with Gasteiger partial charge in [0.15, 0.2) is 0 Å². The van der Waals surface area contributed by atoms with Gasteiger partial charge in [-0.05, 0) is 13.0 Å². The lowest BCUT2D eigenvalue weighted by Gasteiger charge is -2.12. The van der Waals surface area contributed by atoms with Crippen LogP contribution >= 0.6 is 12.4 Å². The standard InChI is InChI=1S/C9H11FN2O5.ClH/c1-2-16-9(13)7(10)8(11)5-3-4-6(17-5)12(14)15;/h3-4,7-8H,2,11H2,1H3;1H/t7?,8-;/m0./s1. The molecule has 102 valence electrons. The van der Waals surface area contributed by atoms with Crippen LogP contribution in [0.25, 0.3) is 0 Å². The van der Waals surface area contributed by atoms with E-state index in [-0.39, 0.29) is 24.8 Å². The molecule has 0 saturated carbocycles. The molecular formula is C9H12ClFN2O5. The maximum atomic E-state index is 13.4. The lowest BCUT2D eigenvalue weighted by Crippen LogP contribution is -2.31. The molecule has 0 saturated heterocycles. The second-order valence-electron chi connectivity index (χ2n) is 3.11. The highest BCUT2D eigenvalue weighted by Gasteiger charge is 2.31. The molecule has 18 heavy (non-hydrogen) atoms. The zero-order chi connectivity index (χ0) is 13.0. The zero-order valence-electron chi connectivity index (χ0n) is 9.37. The summed E-state index contributed by atoms with van der Waals surface area (Å²) in [5.41, 5.74) is 5.39. The van der Waals surface area contributed by atoms with Gasteiger partial charge in [-0.2, -0.15) is 0 Å². The van der Waals surface area contributed by atoms with Gasteiger partial charge in [0.25, 0.3) is 0 Å². The summed E-state index contributed by atoms with van der Waals surface area (Å²) in [6, 6.07) is 0.754. The molecule has 0 radical (unpaired) electrons. The van der Waals surface area contributed by atoms with E-state index in [1.807, 2.05) is 0 Å². The van der Waals surface area contributed by atoms with Gasteiger partial charge in [-0.15, -0.1) is 12.4 Å². The van der Waals surface area contributed by atoms with Crippen LogP contribution in [0.5, 0.6) is 0 Å². The highest BCUT2D eigenvalue weighted by molar-refractivity contribution is 5.85. The van der Waals surface area contributed by atoms with Crippen molar-refractivity contribution in [3.8, 4) is 0 Å². The topological polar surface area (TPSA) is 109 Å². The number of ether oxygens (including phenoxy) is 1. The van der Waals surface area contributed by atoms with Gasteiger partial charge >= 0.3 is 11.9 Å². The van der Waals surface area contributed by atoms with Crippen LogP contribution in [0.3, 0.4) is 0 Å². The van der Waals surface area contributed by atoms with E-state index in [2.05, 4.69) is 9.15 Å². The molecule has 7 nitrogen and oxygen atoms in total. The number of hydrogen-bond donors (Lipinski definition) is 1. The normalized spacial score (nSPS) is 13.3. The van der Waals surface area contributed by atoms with Crippen LogP contribution in [0.4, 0.5) is 10.3 Å². The molecule has 0 amide bonds. The quantitative estimate of drug-likeness (QED) is 0.498. The molecule has 0 aromatic carbocycles. The first-order valence-corrected chi connectivity index (χ1v) is 4.77. The molecule has 0 fully saturated rings. The third kappa shape index (κ3) is 3.67. The van der Waals surface area contributed by atoms with E-state index in [1.54, 1.807) is 0 Å². The third-order valence-electron chi connectivity index (χ3n) is 1.95. The summed E-state index contributed by atoms with van der Waals surface area (Å²) in [6.07, 6.45) is -2.12. The second-order valence-corrected chi connectivity index (χ2v) is 3.11. The molecule has 1 unspecified atom stereocenters. The summed E-state index contributed by atoms with van der Waals surface area (Å²) >= 11 is 0. The molecule has 1 aromatic rings. The lowest BCUT2D eigenvalue weighted by molar-refractivity contribution is -0.402. The Morgan fingerprint density at radius 1 is 1.67 bits per heavy atom. The van der Waals surface area contributed by atoms with Crippen LogP contribution in [0, 0.1) is 10.1 Å². The fourth-order valence-corrected chi connectivity index (χ4v) is 1.13. The lowest BCUT2D eigenvalue weighted by atomic mass is 10.1. The molecule has 2 atom stereocenters. The first-order valence-electron chi connectivity index (χ1n) is 4.77. The van der Waals surface area contributed by atoms with E-state index < -0.39 is 29.0 Å². The number of esters is 1. The summed E-state index contributed by atoms with van der Waals surface area (Å²) < 4.78 is 22.6. The molecule has 2 N–H and O–H groups in total. The summed E-state index contributed by atoms with van der Waals surface area (Å²) in [5.74, 6) is -1.87. The molecule has 1 rings (SSSR count). The monoisotopic (exact) mass is 282 g/mol. The molecule has 0 spiro atoms. The van der Waals surface area contributed by atoms with Gasteiger partial charge in [0.05, 0.1) is 12.7 Å². The van der Waals surface area contributed by atoms with Crippen molar-refractivity contribution in [1.29, 1.82) is 0 Å². The molecule has 0 aliphatic rings. The number of alkyl halides is 1. The maximum Gasteiger partial charge on any atom is 0.433 e. The molecule has 0 aliphatic heterocycles. The van der Waals surface area contributed by atoms with Crippen molar-refractivity contribution in [3.05, 3.63) is 28.0 Å². The smallest absolute Gasteiger partial charge is 0.433 e. The van der Waals surface area contributed by atoms with Gasteiger partial charge in [-0.1, -0.05) is 0 Å². The molecule has 0 bridgehead atoms. The number of nitro groups is 1. The summed E-state index contributed by atoms with van der Waals surface area (Å²) in [4.78, 5) is 20.6. The van der Waals surface area contributed by atoms with E-state index in [9.17, 15) is 19.3 Å². The molecule has 9 heteroatoms. The van der Waals surface area contributed by atoms with Crippen LogP contribution in [0.1, 0.15) is 18.7 Å². The summed E-state index contributed by atoms with van der Waals surface area (Å²) in [7, 11) is 0. The predicted molar refractivity (Wildman–Crippen MR) is 61.1 cm³/mol. The fraction of sp³-hybridized carbons (Fsp3) is 0.444. The Balaban J connectivity index is 0.00000289. The van der Waals surface area contributed by atoms with Gasteiger partial charge in [-0.25, -0.2) is 9.18 Å². The fourth-order valence-electron chi connectivity index (χ4n) is 1.13. The molecule has 1 heterocycles. The van der Waals surface area contributed by atoms with Gasteiger partial charge in [0.1, 0.15) is 16.7 Å². The highest BCUT2D eigenvalue weighted by Crippen LogP contribution is 2.24. The summed E-state index contributed by atoms with van der Waals surface area (Å²) in [5, 5.41) is 10.3. The Labute approximate surface area is 108 Å². The Kier molecular flexibility index (Phi) is 6.28. The highest BCUT2D eigenvalue weighted by atomic mass is 35.5. The van der Waals surface area contributed by atoms with Gasteiger partial charge in [0.2, 0.25) is 6.17 Å². The average molecular weight is 283 g/mol. The van der Waals surface area contributed by atoms with E-state index in [0.29, 0.717) is 0 Å². The predicted octanol–water partition coefficient (Wildman–Crippen LogP) is 1.51. The average Bonchev–Trinajstić information content (AvgIpc) is 2.76. The van der Waals surface area contributed by atoms with Crippen molar-refractivity contribution in [2.24, 2.45) is 5.73 Å². The number of carbonyl (C=O) groups is 1. The van der Waals surface area contributed by atoms with E-state index >= 15 is 0 Å². The number of carbonyl (C=O) groups excluding carboxylic acids is 1. The van der Waals surface area contributed by atoms with E-state index in [1.165, 1.54) is 6.92 Å². The number of furan rings is 1. The Hall–Kier alpha value is -1.67. The van der Waals surface area contributed by atoms with Crippen LogP contribution < -0.4 is 5.73 Å². The summed E-state index contributed by atoms with van der Waals surface area (Å²) in [6.45, 7) is 1.54. The largest absolute Gasteiger partial charge is 0.464 e. The van der Waals surface area contributed by atoms with Crippen LogP contribution in [-0.2, 0) is 9.53 Å². The first-order chi connectivity index (χ1) is 7.97. The van der Waals surface area contributed by atoms with E-state index in [0.717, 1.165) is 12.1 Å². The van der Waals surface area contributed by atoms with Crippen LogP contribution in [-0.4, -0.2) is 23.7 Å². The Bertz CT molecular complexity index is 425. The van der Waals surface area contributed by atoms with Gasteiger partial charge in [0, 0.05) is 0 Å². The van der Waals surface area contributed by atoms with Gasteiger partial charge in [-0.3, -0.25) is 10.1 Å². The van der Waals surface area contributed by atoms with Gasteiger partial charge < -0.3 is 14.9 Å². The van der Waals surface area contributed by atoms with Crippen LogP contribution in [0.15, 0.2) is 16.5 Å². The Morgan fingerprint density at radius 3 is 2.72 bits per heavy atom. The minimum absolute atomic E-state index is 0. The number of rotatable bonds is 5. The second kappa shape index (κ2) is 6.92. The molecule has 0 aliphatic carbocycles. The minimum Gasteiger partial charge on any atom is -0.464 e. The van der Waals surface area contributed by atoms with Crippen molar-refractivity contribution in [2.45, 2.75) is 19.1 Å². The van der Waals surface area contributed by atoms with Crippen molar-refractivity contribution >= 4 is 24.3 Å². The number of nitrogens with zero attached hydrogens (tertiary/aromatic N) is 1. The Morgan fingerprint density at radius 2 is 2.28 bits per heavy atom. The third-order valence-corrected chi connectivity index (χ3v) is 1.95. The van der Waals surface area contributed by atoms with Crippen molar-refractivity contribution < 1.29 is 23.3 Å². The van der Waals surface area contributed by atoms with Crippen molar-refractivity contribution in [3.63, 3.8) is 0 Å². The number of halogens is 2. The number of nitrogens with two attached hydrogens (primary N) is 1. The maximum absolute atomic E-state index is 13.4. The van der Waals surface area contributed by atoms with Crippen molar-refractivity contribution in [2.75, 3.05) is 6.61 Å².